The van der Waals surface area contributed by atoms with E-state index in [1.807, 2.05) is 13.0 Å². The van der Waals surface area contributed by atoms with E-state index in [2.05, 4.69) is 45.3 Å². The highest BCUT2D eigenvalue weighted by Gasteiger charge is 2.41. The minimum Gasteiger partial charge on any atom is -0.467 e. The molecule has 0 spiro atoms. The fraction of sp³-hybridized carbons (Fsp3) is 0.550. The average molecular weight is 347 g/mol. The van der Waals surface area contributed by atoms with Crippen molar-refractivity contribution in [1.82, 2.24) is 0 Å². The van der Waals surface area contributed by atoms with Gasteiger partial charge in [0.25, 0.3) is 0 Å². The van der Waals surface area contributed by atoms with Gasteiger partial charge in [-0.1, -0.05) is 45.3 Å². The molecule has 1 atom stereocenters. The van der Waals surface area contributed by atoms with Crippen molar-refractivity contribution in [2.75, 3.05) is 13.4 Å². The van der Waals surface area contributed by atoms with Crippen LogP contribution in [0.5, 0.6) is 5.75 Å². The molecular weight excluding hydrogens is 316 g/mol. The number of Topliss-reactive ketones (excluding diaryl/α,β-unsaturated/α-hetero) is 1. The maximum atomic E-state index is 12.0. The molecular formula is C20H30O3Si. The van der Waals surface area contributed by atoms with Crippen molar-refractivity contribution < 1.29 is 14.3 Å². The zero-order valence-electron chi connectivity index (χ0n) is 15.7. The quantitative estimate of drug-likeness (QED) is 0.306. The Hall–Kier alpha value is -1.39. The van der Waals surface area contributed by atoms with Crippen LogP contribution in [0.4, 0.5) is 0 Å². The zero-order chi connectivity index (χ0) is 18.0. The number of allylic oxidation sites excluding steroid dienone is 1. The third-order valence-electron chi connectivity index (χ3n) is 4.88. The van der Waals surface area contributed by atoms with E-state index in [9.17, 15) is 4.79 Å². The van der Waals surface area contributed by atoms with Crippen molar-refractivity contribution in [3.63, 3.8) is 0 Å². The maximum absolute atomic E-state index is 12.0. The van der Waals surface area contributed by atoms with Gasteiger partial charge in [0.05, 0.1) is 0 Å². The lowest BCUT2D eigenvalue weighted by Crippen LogP contribution is -2.23. The fourth-order valence-electron chi connectivity index (χ4n) is 3.02. The molecule has 0 aromatic heterocycles. The number of rotatable bonds is 7. The second-order valence-electron chi connectivity index (χ2n) is 8.21. The molecule has 1 fully saturated rings. The predicted octanol–water partition coefficient (Wildman–Crippen LogP) is 4.86. The minimum absolute atomic E-state index is 0.162. The first kappa shape index (κ1) is 18.9. The molecule has 0 aliphatic heterocycles. The maximum Gasteiger partial charge on any atom is 0.189 e. The summed E-state index contributed by atoms with van der Waals surface area (Å²) in [5.74, 6) is 0.969. The number of hydrogen-bond acceptors (Lipinski definition) is 3. The van der Waals surface area contributed by atoms with Gasteiger partial charge in [-0.2, -0.15) is 0 Å². The fourth-order valence-corrected chi connectivity index (χ4v) is 3.77. The summed E-state index contributed by atoms with van der Waals surface area (Å²) in [5.41, 5.74) is 2.53. The number of ether oxygens (including phenoxy) is 2. The first-order valence-electron chi connectivity index (χ1n) is 8.68. The van der Waals surface area contributed by atoms with E-state index in [1.165, 1.54) is 0 Å². The van der Waals surface area contributed by atoms with Gasteiger partial charge >= 0.3 is 0 Å². The molecule has 0 radical (unpaired) electrons. The van der Waals surface area contributed by atoms with Gasteiger partial charge in [-0.25, -0.2) is 0 Å². The van der Waals surface area contributed by atoms with Crippen LogP contribution in [0.15, 0.2) is 30.4 Å². The minimum atomic E-state index is -1.09. The van der Waals surface area contributed by atoms with E-state index in [0.717, 1.165) is 35.9 Å². The van der Waals surface area contributed by atoms with E-state index in [0.29, 0.717) is 12.0 Å². The highest BCUT2D eigenvalue weighted by molar-refractivity contribution is 6.76. The average Bonchev–Trinajstić information content (AvgIpc) is 2.74. The Morgan fingerprint density at radius 2 is 2.00 bits per heavy atom. The highest BCUT2D eigenvalue weighted by atomic mass is 28.3. The van der Waals surface area contributed by atoms with E-state index in [1.54, 1.807) is 0 Å². The van der Waals surface area contributed by atoms with Gasteiger partial charge in [-0.15, -0.1) is 0 Å². The molecule has 4 heteroatoms. The number of carbonyl (C=O) groups is 1. The van der Waals surface area contributed by atoms with Gasteiger partial charge in [0.2, 0.25) is 0 Å². The normalized spacial score (nSPS) is 21.4. The smallest absolute Gasteiger partial charge is 0.189 e. The first-order valence-corrected chi connectivity index (χ1v) is 12.4. The monoisotopic (exact) mass is 346 g/mol. The molecule has 3 nitrogen and oxygen atoms in total. The van der Waals surface area contributed by atoms with Crippen molar-refractivity contribution in [3.05, 3.63) is 41.5 Å². The lowest BCUT2D eigenvalue weighted by Gasteiger charge is -2.28. The van der Waals surface area contributed by atoms with Crippen molar-refractivity contribution in [1.29, 1.82) is 0 Å². The molecule has 2 rings (SSSR count). The third-order valence-corrected chi connectivity index (χ3v) is 6.58. The van der Waals surface area contributed by atoms with E-state index >= 15 is 0 Å². The number of hydrogen-bond donors (Lipinski definition) is 0. The summed E-state index contributed by atoms with van der Waals surface area (Å²) in [7, 11) is -1.09. The highest BCUT2D eigenvalue weighted by Crippen LogP contribution is 2.45. The molecule has 1 aromatic rings. The number of ketones is 1. The second-order valence-corrected chi connectivity index (χ2v) is 13.8. The molecule has 132 valence electrons. The molecule has 1 saturated carbocycles. The Morgan fingerprint density at radius 1 is 1.29 bits per heavy atom. The molecule has 0 saturated heterocycles. The van der Waals surface area contributed by atoms with Crippen molar-refractivity contribution in [2.45, 2.75) is 57.8 Å². The van der Waals surface area contributed by atoms with Crippen LogP contribution in [-0.4, -0.2) is 27.3 Å². The van der Waals surface area contributed by atoms with Crippen LogP contribution in [0.1, 0.15) is 30.9 Å². The van der Waals surface area contributed by atoms with Gasteiger partial charge in [0.1, 0.15) is 5.75 Å². The zero-order valence-corrected chi connectivity index (χ0v) is 16.7. The lowest BCUT2D eigenvalue weighted by molar-refractivity contribution is -0.114. The van der Waals surface area contributed by atoms with Crippen LogP contribution in [0.3, 0.4) is 0 Å². The predicted molar refractivity (Wildman–Crippen MR) is 102 cm³/mol. The Bertz CT molecular complexity index is 630. The largest absolute Gasteiger partial charge is 0.467 e. The van der Waals surface area contributed by atoms with Crippen LogP contribution in [0.25, 0.3) is 0 Å². The molecule has 0 bridgehead atoms. The third kappa shape index (κ3) is 4.36. The van der Waals surface area contributed by atoms with Crippen LogP contribution in [0.2, 0.25) is 25.7 Å². The summed E-state index contributed by atoms with van der Waals surface area (Å²) in [4.78, 5) is 12.0. The molecule has 1 unspecified atom stereocenters. The van der Waals surface area contributed by atoms with Crippen molar-refractivity contribution in [2.24, 2.45) is 0 Å². The van der Waals surface area contributed by atoms with Gasteiger partial charge in [0, 0.05) is 32.1 Å². The lowest BCUT2D eigenvalue weighted by atomic mass is 9.77. The Morgan fingerprint density at radius 3 is 2.58 bits per heavy atom. The summed E-state index contributed by atoms with van der Waals surface area (Å²) in [6, 6.07) is 7.28. The Labute approximate surface area is 147 Å². The van der Waals surface area contributed by atoms with Gasteiger partial charge in [-0.05, 0) is 36.6 Å². The summed E-state index contributed by atoms with van der Waals surface area (Å²) in [5, 5.41) is 0. The molecule has 0 heterocycles. The summed E-state index contributed by atoms with van der Waals surface area (Å²) < 4.78 is 11.6. The molecule has 0 amide bonds. The number of aryl methyl sites for hydroxylation is 1. The standard InChI is InChI=1S/C20H30O3Si/c1-15-7-8-17(20(3)10-9-18(21)16(20)2)19(13-15)23-14-22-11-12-24(4,5)6/h7-8,13H,2,9-12,14H2,1,3-6H3. The van der Waals surface area contributed by atoms with Crippen LogP contribution < -0.4 is 4.74 Å². The molecule has 1 aliphatic carbocycles. The summed E-state index contributed by atoms with van der Waals surface area (Å²) >= 11 is 0. The van der Waals surface area contributed by atoms with E-state index in [4.69, 9.17) is 9.47 Å². The molecule has 0 N–H and O–H groups in total. The molecule has 1 aliphatic rings. The Kier molecular flexibility index (Phi) is 5.71. The van der Waals surface area contributed by atoms with Crippen LogP contribution in [0, 0.1) is 6.92 Å². The van der Waals surface area contributed by atoms with Crippen molar-refractivity contribution in [3.8, 4) is 5.75 Å². The SMILES string of the molecule is C=C1C(=O)CCC1(C)c1ccc(C)cc1OCOCC[Si](C)(C)C. The van der Waals surface area contributed by atoms with E-state index in [-0.39, 0.29) is 18.0 Å². The number of benzene rings is 1. The summed E-state index contributed by atoms with van der Waals surface area (Å²) in [6.07, 6.45) is 1.36. The van der Waals surface area contributed by atoms with Crippen molar-refractivity contribution >= 4 is 13.9 Å². The van der Waals surface area contributed by atoms with Gasteiger partial charge in [0.15, 0.2) is 12.6 Å². The molecule has 24 heavy (non-hydrogen) atoms. The van der Waals surface area contributed by atoms with E-state index < -0.39 is 8.07 Å². The second kappa shape index (κ2) is 7.24. The van der Waals surface area contributed by atoms with Gasteiger partial charge < -0.3 is 9.47 Å². The Balaban J connectivity index is 2.09. The molecule has 1 aromatic carbocycles. The summed E-state index contributed by atoms with van der Waals surface area (Å²) in [6.45, 7) is 16.1. The topological polar surface area (TPSA) is 35.5 Å². The van der Waals surface area contributed by atoms with Gasteiger partial charge in [-0.3, -0.25) is 4.79 Å². The van der Waals surface area contributed by atoms with Crippen LogP contribution in [-0.2, 0) is 14.9 Å². The van der Waals surface area contributed by atoms with Crippen LogP contribution >= 0.6 is 0 Å². The number of carbonyl (C=O) groups excluding carboxylic acids is 1. The first-order chi connectivity index (χ1) is 11.1.